The lowest BCUT2D eigenvalue weighted by Crippen LogP contribution is -2.39. The number of nitrogens with zero attached hydrogens (tertiary/aromatic N) is 2. The van der Waals surface area contributed by atoms with E-state index in [0.717, 1.165) is 18.4 Å². The van der Waals surface area contributed by atoms with Crippen molar-refractivity contribution in [2.24, 2.45) is 0 Å². The van der Waals surface area contributed by atoms with Crippen LogP contribution in [0.25, 0.3) is 0 Å². The highest BCUT2D eigenvalue weighted by Gasteiger charge is 2.36. The maximum atomic E-state index is 12.6. The number of aromatic nitrogens is 2. The molecular formula is C12H15N3O2S2. The van der Waals surface area contributed by atoms with Gasteiger partial charge in [0.2, 0.25) is 0 Å². The van der Waals surface area contributed by atoms with Crippen LogP contribution in [0, 0.1) is 0 Å². The highest BCUT2D eigenvalue weighted by atomic mass is 32.2. The van der Waals surface area contributed by atoms with Gasteiger partial charge < -0.3 is 4.98 Å². The van der Waals surface area contributed by atoms with Crippen molar-refractivity contribution >= 4 is 21.4 Å². The number of nitrogens with one attached hydrogen (secondary N) is 1. The minimum Gasteiger partial charge on any atom is -0.335 e. The molecule has 2 aromatic rings. The molecular weight excluding hydrogens is 282 g/mol. The summed E-state index contributed by atoms with van der Waals surface area (Å²) in [4.78, 5) is 7.82. The second-order valence-electron chi connectivity index (χ2n) is 4.50. The van der Waals surface area contributed by atoms with E-state index in [1.807, 2.05) is 18.4 Å². The molecule has 0 aromatic carbocycles. The Hall–Kier alpha value is -1.18. The fraction of sp³-hybridized carbons (Fsp3) is 0.417. The summed E-state index contributed by atoms with van der Waals surface area (Å²) in [6.45, 7) is 2.56. The molecule has 1 aliphatic rings. The topological polar surface area (TPSA) is 66.1 Å². The Balaban J connectivity index is 2.03. The molecule has 5 nitrogen and oxygen atoms in total. The first-order valence-corrected chi connectivity index (χ1v) is 8.53. The number of imidazole rings is 1. The zero-order valence-corrected chi connectivity index (χ0v) is 12.2. The number of fused-ring (bicyclic) bond motifs is 1. The van der Waals surface area contributed by atoms with Crippen LogP contribution in [0.5, 0.6) is 0 Å². The third kappa shape index (κ3) is 2.01. The number of thiophene rings is 1. The normalized spacial score (nSPS) is 20.4. The quantitative estimate of drug-likeness (QED) is 0.944. The van der Waals surface area contributed by atoms with Crippen LogP contribution < -0.4 is 0 Å². The van der Waals surface area contributed by atoms with Gasteiger partial charge in [-0.3, -0.25) is 0 Å². The summed E-state index contributed by atoms with van der Waals surface area (Å²) >= 11 is 1.71. The lowest BCUT2D eigenvalue weighted by molar-refractivity contribution is 0.302. The first-order valence-electron chi connectivity index (χ1n) is 6.21. The van der Waals surface area contributed by atoms with E-state index in [0.29, 0.717) is 6.54 Å². The molecule has 0 saturated carbocycles. The standard InChI is InChI=1S/C12H15N3O2S2/c1-2-10-9-4-6-18-11(9)3-5-15(10)19(16,17)12-7-13-8-14-12/h4,6-8,10H,2-3,5H2,1H3,(H,13,14). The second kappa shape index (κ2) is 4.73. The van der Waals surface area contributed by atoms with Crippen molar-refractivity contribution in [3.05, 3.63) is 34.4 Å². The SMILES string of the molecule is CCC1c2ccsc2CCN1S(=O)(=O)c1cnc[nH]1. The Morgan fingerprint density at radius 3 is 3.11 bits per heavy atom. The van der Waals surface area contributed by atoms with Crippen molar-refractivity contribution in [2.75, 3.05) is 6.54 Å². The van der Waals surface area contributed by atoms with Gasteiger partial charge in [0.1, 0.15) is 0 Å². The first kappa shape index (κ1) is 12.8. The summed E-state index contributed by atoms with van der Waals surface area (Å²) in [7, 11) is -3.48. The highest BCUT2D eigenvalue weighted by Crippen LogP contribution is 2.37. The predicted octanol–water partition coefficient (Wildman–Crippen LogP) is 2.17. The molecule has 3 heterocycles. The summed E-state index contributed by atoms with van der Waals surface area (Å²) in [6.07, 6.45) is 4.33. The molecule has 0 saturated heterocycles. The van der Waals surface area contributed by atoms with Crippen molar-refractivity contribution in [3.63, 3.8) is 0 Å². The van der Waals surface area contributed by atoms with Crippen molar-refractivity contribution in [1.82, 2.24) is 14.3 Å². The lowest BCUT2D eigenvalue weighted by atomic mass is 10.0. The Bertz CT molecular complexity index is 661. The summed E-state index contributed by atoms with van der Waals surface area (Å²) in [5.74, 6) is 0. The van der Waals surface area contributed by atoms with Gasteiger partial charge in [-0.15, -0.1) is 11.3 Å². The highest BCUT2D eigenvalue weighted by molar-refractivity contribution is 7.89. The van der Waals surface area contributed by atoms with E-state index in [2.05, 4.69) is 9.97 Å². The van der Waals surface area contributed by atoms with E-state index >= 15 is 0 Å². The molecule has 1 aliphatic heterocycles. The maximum absolute atomic E-state index is 12.6. The molecule has 19 heavy (non-hydrogen) atoms. The second-order valence-corrected chi connectivity index (χ2v) is 7.36. The molecule has 0 bridgehead atoms. The summed E-state index contributed by atoms with van der Waals surface area (Å²) in [5.41, 5.74) is 1.15. The predicted molar refractivity (Wildman–Crippen MR) is 73.5 cm³/mol. The Morgan fingerprint density at radius 1 is 1.58 bits per heavy atom. The van der Waals surface area contributed by atoms with Crippen LogP contribution in [0.3, 0.4) is 0 Å². The minimum atomic E-state index is -3.48. The molecule has 102 valence electrons. The molecule has 2 aromatic heterocycles. The van der Waals surface area contributed by atoms with Crippen LogP contribution in [0.15, 0.2) is 29.0 Å². The molecule has 0 fully saturated rings. The summed E-state index contributed by atoms with van der Waals surface area (Å²) < 4.78 is 26.8. The van der Waals surface area contributed by atoms with Gasteiger partial charge in [0.15, 0.2) is 5.03 Å². The number of hydrogen-bond donors (Lipinski definition) is 1. The monoisotopic (exact) mass is 297 g/mol. The van der Waals surface area contributed by atoms with E-state index in [1.165, 1.54) is 17.4 Å². The minimum absolute atomic E-state index is 0.0664. The fourth-order valence-electron chi connectivity index (χ4n) is 2.60. The molecule has 3 rings (SSSR count). The van der Waals surface area contributed by atoms with Crippen LogP contribution in [0.4, 0.5) is 0 Å². The van der Waals surface area contributed by atoms with E-state index in [4.69, 9.17) is 0 Å². The Labute approximate surface area is 116 Å². The van der Waals surface area contributed by atoms with Gasteiger partial charge in [-0.2, -0.15) is 4.31 Å². The molecule has 0 aliphatic carbocycles. The van der Waals surface area contributed by atoms with Crippen molar-refractivity contribution < 1.29 is 8.42 Å². The van der Waals surface area contributed by atoms with Crippen molar-refractivity contribution in [2.45, 2.75) is 30.8 Å². The third-order valence-corrected chi connectivity index (χ3v) is 6.32. The lowest BCUT2D eigenvalue weighted by Gasteiger charge is -2.33. The largest absolute Gasteiger partial charge is 0.335 e. The van der Waals surface area contributed by atoms with Gasteiger partial charge in [-0.25, -0.2) is 13.4 Å². The van der Waals surface area contributed by atoms with E-state index in [9.17, 15) is 8.42 Å². The number of sulfonamides is 1. The fourth-order valence-corrected chi connectivity index (χ4v) is 5.10. The average molecular weight is 297 g/mol. The third-order valence-electron chi connectivity index (χ3n) is 3.49. The Morgan fingerprint density at radius 2 is 2.42 bits per heavy atom. The molecule has 7 heteroatoms. The van der Waals surface area contributed by atoms with E-state index < -0.39 is 10.0 Å². The zero-order valence-electron chi connectivity index (χ0n) is 10.5. The first-order chi connectivity index (χ1) is 9.14. The van der Waals surface area contributed by atoms with Crippen LogP contribution in [0.1, 0.15) is 29.8 Å². The van der Waals surface area contributed by atoms with Gasteiger partial charge >= 0.3 is 0 Å². The zero-order chi connectivity index (χ0) is 13.5. The van der Waals surface area contributed by atoms with E-state index in [-0.39, 0.29) is 11.1 Å². The molecule has 1 unspecified atom stereocenters. The molecule has 0 spiro atoms. The van der Waals surface area contributed by atoms with E-state index in [1.54, 1.807) is 15.6 Å². The van der Waals surface area contributed by atoms with Gasteiger partial charge in [0, 0.05) is 11.4 Å². The molecule has 1 atom stereocenters. The van der Waals surface area contributed by atoms with Gasteiger partial charge in [-0.05, 0) is 29.9 Å². The summed E-state index contributed by atoms with van der Waals surface area (Å²) in [6, 6.07) is 1.98. The van der Waals surface area contributed by atoms with Gasteiger partial charge in [-0.1, -0.05) is 6.92 Å². The van der Waals surface area contributed by atoms with Gasteiger partial charge in [0.05, 0.1) is 18.6 Å². The number of H-pyrrole nitrogens is 1. The average Bonchev–Trinajstić information content (AvgIpc) is 3.07. The van der Waals surface area contributed by atoms with Crippen LogP contribution >= 0.6 is 11.3 Å². The Kier molecular flexibility index (Phi) is 3.20. The van der Waals surface area contributed by atoms with Crippen LogP contribution in [-0.4, -0.2) is 29.2 Å². The summed E-state index contributed by atoms with van der Waals surface area (Å²) in [5, 5.41) is 2.21. The van der Waals surface area contributed by atoms with Crippen LogP contribution in [0.2, 0.25) is 0 Å². The van der Waals surface area contributed by atoms with Crippen molar-refractivity contribution in [3.8, 4) is 0 Å². The van der Waals surface area contributed by atoms with Crippen LogP contribution in [-0.2, 0) is 16.4 Å². The number of rotatable bonds is 3. The number of aromatic amines is 1. The molecule has 0 amide bonds. The maximum Gasteiger partial charge on any atom is 0.260 e. The van der Waals surface area contributed by atoms with Gasteiger partial charge in [0.25, 0.3) is 10.0 Å². The molecule has 0 radical (unpaired) electrons. The van der Waals surface area contributed by atoms with Crippen molar-refractivity contribution in [1.29, 1.82) is 0 Å². The number of hydrogen-bond acceptors (Lipinski definition) is 4. The smallest absolute Gasteiger partial charge is 0.260 e. The molecule has 1 N–H and O–H groups in total.